The van der Waals surface area contributed by atoms with E-state index in [4.69, 9.17) is 10.5 Å². The van der Waals surface area contributed by atoms with Crippen LogP contribution in [0.5, 0.6) is 0 Å². The molecule has 1 fully saturated rings. The molecule has 1 unspecified atom stereocenters. The van der Waals surface area contributed by atoms with E-state index >= 15 is 0 Å². The number of hydrogen-bond donors (Lipinski definition) is 1. The molecule has 5 heteroatoms. The molecule has 0 aromatic rings. The Balaban J connectivity index is 2.73. The summed E-state index contributed by atoms with van der Waals surface area (Å²) >= 11 is 0. The fraction of sp³-hybridized carbons (Fsp3) is 0.923. The first-order valence-corrected chi connectivity index (χ1v) is 6.40. The number of nitrogens with two attached hydrogens (primary N) is 1. The van der Waals surface area contributed by atoms with E-state index in [1.54, 1.807) is 34.6 Å². The predicted octanol–water partition coefficient (Wildman–Crippen LogP) is 2.46. The highest BCUT2D eigenvalue weighted by molar-refractivity contribution is 5.68. The van der Waals surface area contributed by atoms with Gasteiger partial charge in [-0.15, -0.1) is 0 Å². The summed E-state index contributed by atoms with van der Waals surface area (Å²) in [4.78, 5) is 13.3. The van der Waals surface area contributed by atoms with Crippen molar-refractivity contribution in [1.82, 2.24) is 4.90 Å². The van der Waals surface area contributed by atoms with Crippen molar-refractivity contribution in [3.8, 4) is 0 Å². The van der Waals surface area contributed by atoms with Gasteiger partial charge in [-0.05, 0) is 47.5 Å². The molecule has 106 valence electrons. The van der Waals surface area contributed by atoms with E-state index in [1.807, 2.05) is 0 Å². The van der Waals surface area contributed by atoms with Crippen LogP contribution in [0.3, 0.4) is 0 Å². The molecule has 1 heterocycles. The lowest BCUT2D eigenvalue weighted by Crippen LogP contribution is -2.62. The number of halogens is 1. The summed E-state index contributed by atoms with van der Waals surface area (Å²) in [5, 5.41) is 0. The van der Waals surface area contributed by atoms with Crippen LogP contribution in [0.15, 0.2) is 0 Å². The second-order valence-electron chi connectivity index (χ2n) is 6.69. The summed E-state index contributed by atoms with van der Waals surface area (Å²) < 4.78 is 20.0. The first-order chi connectivity index (χ1) is 7.95. The van der Waals surface area contributed by atoms with Gasteiger partial charge in [-0.25, -0.2) is 9.18 Å². The minimum Gasteiger partial charge on any atom is -0.444 e. The van der Waals surface area contributed by atoms with Gasteiger partial charge < -0.3 is 15.4 Å². The zero-order valence-electron chi connectivity index (χ0n) is 12.0. The molecule has 2 N–H and O–H groups in total. The molecule has 1 aliphatic heterocycles. The summed E-state index contributed by atoms with van der Waals surface area (Å²) in [6.07, 6.45) is 0.528. The monoisotopic (exact) mass is 260 g/mol. The van der Waals surface area contributed by atoms with Crippen LogP contribution in [0.1, 0.15) is 47.5 Å². The smallest absolute Gasteiger partial charge is 0.410 e. The number of ether oxygens (including phenoxy) is 1. The summed E-state index contributed by atoms with van der Waals surface area (Å²) in [7, 11) is 0. The molecule has 0 bridgehead atoms. The number of rotatable bonds is 1. The first-order valence-electron chi connectivity index (χ1n) is 6.40. The van der Waals surface area contributed by atoms with Gasteiger partial charge in [0.2, 0.25) is 0 Å². The van der Waals surface area contributed by atoms with Gasteiger partial charge in [0.15, 0.2) is 0 Å². The SMILES string of the molecule is CC(C)(C)OC(=O)N1CCCC(F)(C(C)(C)N)C1. The third-order valence-corrected chi connectivity index (χ3v) is 3.25. The van der Waals surface area contributed by atoms with Crippen molar-refractivity contribution < 1.29 is 13.9 Å². The largest absolute Gasteiger partial charge is 0.444 e. The number of nitrogens with zero attached hydrogens (tertiary/aromatic N) is 1. The van der Waals surface area contributed by atoms with Gasteiger partial charge in [-0.3, -0.25) is 0 Å². The van der Waals surface area contributed by atoms with Gasteiger partial charge in [0, 0.05) is 12.1 Å². The van der Waals surface area contributed by atoms with Crippen molar-refractivity contribution in [2.75, 3.05) is 13.1 Å². The molecule has 1 aliphatic rings. The second-order valence-corrected chi connectivity index (χ2v) is 6.69. The number of alkyl halides is 1. The molecule has 0 saturated carbocycles. The Kier molecular flexibility index (Phi) is 3.96. The summed E-state index contributed by atoms with van der Waals surface area (Å²) in [6, 6.07) is 0. The van der Waals surface area contributed by atoms with Crippen LogP contribution < -0.4 is 5.73 Å². The van der Waals surface area contributed by atoms with Crippen LogP contribution in [0, 0.1) is 0 Å². The molecule has 0 aromatic heterocycles. The molecule has 0 aromatic carbocycles. The van der Waals surface area contributed by atoms with E-state index in [0.717, 1.165) is 0 Å². The fourth-order valence-electron chi connectivity index (χ4n) is 2.02. The maximum Gasteiger partial charge on any atom is 0.410 e. The van der Waals surface area contributed by atoms with Crippen LogP contribution in [0.25, 0.3) is 0 Å². The number of piperidine rings is 1. The number of carbonyl (C=O) groups excluding carboxylic acids is 1. The van der Waals surface area contributed by atoms with Crippen molar-refractivity contribution in [3.05, 3.63) is 0 Å². The van der Waals surface area contributed by atoms with Crippen molar-refractivity contribution in [2.24, 2.45) is 5.73 Å². The maximum absolute atomic E-state index is 14.7. The van der Waals surface area contributed by atoms with Crippen LogP contribution in [-0.4, -0.2) is 40.9 Å². The molecule has 0 radical (unpaired) electrons. The normalized spacial score (nSPS) is 26.1. The van der Waals surface area contributed by atoms with Crippen molar-refractivity contribution in [1.29, 1.82) is 0 Å². The van der Waals surface area contributed by atoms with Crippen LogP contribution in [0.4, 0.5) is 9.18 Å². The molecule has 1 amide bonds. The van der Waals surface area contributed by atoms with Crippen molar-refractivity contribution in [3.63, 3.8) is 0 Å². The van der Waals surface area contributed by atoms with Gasteiger partial charge >= 0.3 is 6.09 Å². The minimum absolute atomic E-state index is 0.00537. The number of hydrogen-bond acceptors (Lipinski definition) is 3. The number of amides is 1. The average molecular weight is 260 g/mol. The maximum atomic E-state index is 14.7. The Labute approximate surface area is 109 Å². The van der Waals surface area contributed by atoms with Gasteiger partial charge in [-0.1, -0.05) is 0 Å². The third kappa shape index (κ3) is 3.57. The molecule has 1 atom stereocenters. The van der Waals surface area contributed by atoms with Crippen LogP contribution >= 0.6 is 0 Å². The second kappa shape index (κ2) is 4.68. The van der Waals surface area contributed by atoms with Crippen molar-refractivity contribution >= 4 is 6.09 Å². The Morgan fingerprint density at radius 2 is 1.89 bits per heavy atom. The Bertz CT molecular complexity index is 320. The van der Waals surface area contributed by atoms with E-state index in [0.29, 0.717) is 19.4 Å². The quantitative estimate of drug-likeness (QED) is 0.788. The molecule has 18 heavy (non-hydrogen) atoms. The van der Waals surface area contributed by atoms with Crippen LogP contribution in [-0.2, 0) is 4.74 Å². The first kappa shape index (κ1) is 15.2. The lowest BCUT2D eigenvalue weighted by Gasteiger charge is -2.44. The number of carbonyl (C=O) groups is 1. The third-order valence-electron chi connectivity index (χ3n) is 3.25. The fourth-order valence-corrected chi connectivity index (χ4v) is 2.02. The van der Waals surface area contributed by atoms with E-state index in [-0.39, 0.29) is 6.54 Å². The summed E-state index contributed by atoms with van der Waals surface area (Å²) in [5.41, 5.74) is 2.80. The highest BCUT2D eigenvalue weighted by atomic mass is 19.1. The Hall–Kier alpha value is -0.840. The molecular weight excluding hydrogens is 235 g/mol. The average Bonchev–Trinajstić information content (AvgIpc) is 2.13. The summed E-state index contributed by atoms with van der Waals surface area (Å²) in [6.45, 7) is 9.23. The highest BCUT2D eigenvalue weighted by Crippen LogP contribution is 2.34. The van der Waals surface area contributed by atoms with Gasteiger partial charge in [0.25, 0.3) is 0 Å². The topological polar surface area (TPSA) is 55.6 Å². The lowest BCUT2D eigenvalue weighted by atomic mass is 9.79. The molecular formula is C13H25FN2O2. The standard InChI is InChI=1S/C13H25FN2O2/c1-11(2,3)18-10(17)16-8-6-7-13(14,9-16)12(4,5)15/h6-9,15H2,1-5H3. The van der Waals surface area contributed by atoms with E-state index in [1.165, 1.54) is 4.90 Å². The van der Waals surface area contributed by atoms with Crippen LogP contribution in [0.2, 0.25) is 0 Å². The zero-order valence-corrected chi connectivity index (χ0v) is 12.0. The predicted molar refractivity (Wildman–Crippen MR) is 69.1 cm³/mol. The van der Waals surface area contributed by atoms with Gasteiger partial charge in [0.05, 0.1) is 6.54 Å². The van der Waals surface area contributed by atoms with Crippen molar-refractivity contribution in [2.45, 2.75) is 64.3 Å². The molecule has 1 rings (SSSR count). The lowest BCUT2D eigenvalue weighted by molar-refractivity contribution is -0.0270. The van der Waals surface area contributed by atoms with Gasteiger partial charge in [0.1, 0.15) is 11.3 Å². The van der Waals surface area contributed by atoms with Gasteiger partial charge in [-0.2, -0.15) is 0 Å². The molecule has 1 saturated heterocycles. The Morgan fingerprint density at radius 1 is 1.33 bits per heavy atom. The molecule has 0 aliphatic carbocycles. The Morgan fingerprint density at radius 3 is 2.33 bits per heavy atom. The van der Waals surface area contributed by atoms with E-state index < -0.39 is 22.9 Å². The van der Waals surface area contributed by atoms with E-state index in [2.05, 4.69) is 0 Å². The minimum atomic E-state index is -1.55. The zero-order chi connectivity index (χ0) is 14.2. The summed E-state index contributed by atoms with van der Waals surface area (Å²) in [5.74, 6) is 0. The molecule has 0 spiro atoms. The number of likely N-dealkylation sites (tertiary alicyclic amines) is 1. The van der Waals surface area contributed by atoms with E-state index in [9.17, 15) is 9.18 Å². The highest BCUT2D eigenvalue weighted by Gasteiger charge is 2.47. The molecule has 4 nitrogen and oxygen atoms in total.